The number of aryl methyl sites for hydroxylation is 2. The highest BCUT2D eigenvalue weighted by atomic mass is 16.5. The first-order chi connectivity index (χ1) is 14.5. The van der Waals surface area contributed by atoms with Gasteiger partial charge in [0.15, 0.2) is 0 Å². The van der Waals surface area contributed by atoms with Gasteiger partial charge in [-0.25, -0.2) is 0 Å². The number of rotatable bonds is 8. The Labute approximate surface area is 178 Å². The number of hydrogen-bond donors (Lipinski definition) is 2. The molecule has 1 aliphatic rings. The van der Waals surface area contributed by atoms with E-state index in [-0.39, 0.29) is 18.2 Å². The summed E-state index contributed by atoms with van der Waals surface area (Å²) < 4.78 is 5.35. The van der Waals surface area contributed by atoms with Crippen LogP contribution in [0.4, 0.5) is 5.69 Å². The molecule has 30 heavy (non-hydrogen) atoms. The minimum absolute atomic E-state index is 0.133. The predicted molar refractivity (Wildman–Crippen MR) is 119 cm³/mol. The second-order valence-corrected chi connectivity index (χ2v) is 7.75. The molecule has 160 valence electrons. The molecule has 3 rings (SSSR count). The zero-order valence-electron chi connectivity index (χ0n) is 17.9. The SMILES string of the molecule is Cc1ccc(CC(=O)Nc2ccccc2C(=O)NCCCN2CCOCC2)cc1C. The second kappa shape index (κ2) is 10.9. The average molecular weight is 410 g/mol. The number of ether oxygens (including phenoxy) is 1. The largest absolute Gasteiger partial charge is 0.379 e. The van der Waals surface area contributed by atoms with Crippen LogP contribution in [-0.2, 0) is 16.0 Å². The second-order valence-electron chi connectivity index (χ2n) is 7.75. The number of nitrogens with one attached hydrogen (secondary N) is 2. The molecule has 6 nitrogen and oxygen atoms in total. The van der Waals surface area contributed by atoms with Crippen molar-refractivity contribution >= 4 is 17.5 Å². The zero-order chi connectivity index (χ0) is 21.3. The van der Waals surface area contributed by atoms with Crippen molar-refractivity contribution in [1.29, 1.82) is 0 Å². The molecule has 1 aliphatic heterocycles. The zero-order valence-corrected chi connectivity index (χ0v) is 17.9. The Kier molecular flexibility index (Phi) is 7.99. The van der Waals surface area contributed by atoms with Crippen LogP contribution in [0.1, 0.15) is 33.5 Å². The summed E-state index contributed by atoms with van der Waals surface area (Å²) in [7, 11) is 0. The highest BCUT2D eigenvalue weighted by molar-refractivity contribution is 6.04. The van der Waals surface area contributed by atoms with Crippen LogP contribution in [0, 0.1) is 13.8 Å². The van der Waals surface area contributed by atoms with E-state index < -0.39 is 0 Å². The molecule has 0 spiro atoms. The maximum atomic E-state index is 12.6. The number of hydrogen-bond acceptors (Lipinski definition) is 4. The molecular weight excluding hydrogens is 378 g/mol. The lowest BCUT2D eigenvalue weighted by atomic mass is 10.0. The molecule has 2 aromatic rings. The summed E-state index contributed by atoms with van der Waals surface area (Å²) in [5.41, 5.74) is 4.35. The smallest absolute Gasteiger partial charge is 0.253 e. The number of anilines is 1. The van der Waals surface area contributed by atoms with Crippen molar-refractivity contribution in [2.45, 2.75) is 26.7 Å². The molecule has 0 radical (unpaired) electrons. The Morgan fingerprint density at radius 3 is 2.57 bits per heavy atom. The van der Waals surface area contributed by atoms with Gasteiger partial charge in [-0.1, -0.05) is 30.3 Å². The number of carbonyl (C=O) groups excluding carboxylic acids is 2. The lowest BCUT2D eigenvalue weighted by Crippen LogP contribution is -2.38. The molecule has 1 saturated heterocycles. The Morgan fingerprint density at radius 1 is 1.03 bits per heavy atom. The molecule has 1 fully saturated rings. The van der Waals surface area contributed by atoms with Gasteiger partial charge in [-0.2, -0.15) is 0 Å². The Morgan fingerprint density at radius 2 is 1.80 bits per heavy atom. The first kappa shape index (κ1) is 22.0. The van der Waals surface area contributed by atoms with Gasteiger partial charge < -0.3 is 15.4 Å². The molecule has 0 aliphatic carbocycles. The van der Waals surface area contributed by atoms with Crippen LogP contribution >= 0.6 is 0 Å². The van der Waals surface area contributed by atoms with E-state index in [2.05, 4.69) is 22.5 Å². The average Bonchev–Trinajstić information content (AvgIpc) is 2.75. The van der Waals surface area contributed by atoms with E-state index in [1.54, 1.807) is 12.1 Å². The van der Waals surface area contributed by atoms with Crippen LogP contribution < -0.4 is 10.6 Å². The Balaban J connectivity index is 1.51. The van der Waals surface area contributed by atoms with Gasteiger partial charge >= 0.3 is 0 Å². The van der Waals surface area contributed by atoms with Crippen molar-refractivity contribution in [2.24, 2.45) is 0 Å². The fourth-order valence-corrected chi connectivity index (χ4v) is 3.51. The monoisotopic (exact) mass is 409 g/mol. The summed E-state index contributed by atoms with van der Waals surface area (Å²) in [6, 6.07) is 13.2. The van der Waals surface area contributed by atoms with Crippen molar-refractivity contribution in [1.82, 2.24) is 10.2 Å². The molecule has 0 bridgehead atoms. The summed E-state index contributed by atoms with van der Waals surface area (Å²) in [6.07, 6.45) is 1.16. The van der Waals surface area contributed by atoms with Crippen LogP contribution in [0.2, 0.25) is 0 Å². The summed E-state index contributed by atoms with van der Waals surface area (Å²) in [5, 5.41) is 5.86. The summed E-state index contributed by atoms with van der Waals surface area (Å²) in [6.45, 7) is 9.08. The summed E-state index contributed by atoms with van der Waals surface area (Å²) in [5.74, 6) is -0.301. The topological polar surface area (TPSA) is 70.7 Å². The van der Waals surface area contributed by atoms with Gasteiger partial charge in [-0.3, -0.25) is 14.5 Å². The maximum Gasteiger partial charge on any atom is 0.253 e. The number of amides is 2. The van der Waals surface area contributed by atoms with Gasteiger partial charge in [-0.05, 0) is 55.6 Å². The van der Waals surface area contributed by atoms with E-state index >= 15 is 0 Å². The van der Waals surface area contributed by atoms with Gasteiger partial charge in [0.1, 0.15) is 0 Å². The third-order valence-corrected chi connectivity index (χ3v) is 5.42. The normalized spacial score (nSPS) is 14.3. The molecule has 6 heteroatoms. The highest BCUT2D eigenvalue weighted by Gasteiger charge is 2.14. The number of carbonyl (C=O) groups is 2. The van der Waals surface area contributed by atoms with Gasteiger partial charge in [0.05, 0.1) is 30.9 Å². The van der Waals surface area contributed by atoms with Crippen LogP contribution in [0.5, 0.6) is 0 Å². The number of morpholine rings is 1. The molecule has 2 N–H and O–H groups in total. The number of para-hydroxylation sites is 1. The van der Waals surface area contributed by atoms with E-state index in [1.807, 2.05) is 37.3 Å². The van der Waals surface area contributed by atoms with Crippen molar-refractivity contribution in [3.05, 3.63) is 64.7 Å². The minimum atomic E-state index is -0.168. The molecular formula is C24H31N3O3. The minimum Gasteiger partial charge on any atom is -0.379 e. The quantitative estimate of drug-likeness (QED) is 0.658. The Bertz CT molecular complexity index is 876. The van der Waals surface area contributed by atoms with Crippen LogP contribution in [0.3, 0.4) is 0 Å². The third kappa shape index (κ3) is 6.40. The predicted octanol–water partition coefficient (Wildman–Crippen LogP) is 2.94. The number of nitrogens with zero attached hydrogens (tertiary/aromatic N) is 1. The first-order valence-electron chi connectivity index (χ1n) is 10.6. The van der Waals surface area contributed by atoms with Gasteiger partial charge in [0.25, 0.3) is 5.91 Å². The van der Waals surface area contributed by atoms with Crippen molar-refractivity contribution < 1.29 is 14.3 Å². The van der Waals surface area contributed by atoms with E-state index in [1.165, 1.54) is 5.56 Å². The molecule has 2 amide bonds. The van der Waals surface area contributed by atoms with Crippen LogP contribution in [0.15, 0.2) is 42.5 Å². The van der Waals surface area contributed by atoms with Gasteiger partial charge in [0.2, 0.25) is 5.91 Å². The molecule has 2 aromatic carbocycles. The van der Waals surface area contributed by atoms with Crippen LogP contribution in [-0.4, -0.2) is 56.1 Å². The van der Waals surface area contributed by atoms with E-state index in [9.17, 15) is 9.59 Å². The molecule has 0 atom stereocenters. The molecule has 0 aromatic heterocycles. The first-order valence-corrected chi connectivity index (χ1v) is 10.6. The van der Waals surface area contributed by atoms with E-state index in [0.717, 1.165) is 50.4 Å². The fraction of sp³-hybridized carbons (Fsp3) is 0.417. The lowest BCUT2D eigenvalue weighted by Gasteiger charge is -2.26. The Hall–Kier alpha value is -2.70. The molecule has 0 unspecified atom stereocenters. The van der Waals surface area contributed by atoms with Gasteiger partial charge in [-0.15, -0.1) is 0 Å². The van der Waals surface area contributed by atoms with Crippen molar-refractivity contribution in [2.75, 3.05) is 44.7 Å². The maximum absolute atomic E-state index is 12.6. The van der Waals surface area contributed by atoms with Crippen molar-refractivity contribution in [3.8, 4) is 0 Å². The van der Waals surface area contributed by atoms with E-state index in [0.29, 0.717) is 17.8 Å². The number of benzene rings is 2. The summed E-state index contributed by atoms with van der Waals surface area (Å²) in [4.78, 5) is 27.5. The van der Waals surface area contributed by atoms with E-state index in [4.69, 9.17) is 4.74 Å². The molecule has 0 saturated carbocycles. The van der Waals surface area contributed by atoms with Gasteiger partial charge in [0, 0.05) is 19.6 Å². The standard InChI is InChI=1S/C24H31N3O3/c1-18-8-9-20(16-19(18)2)17-23(28)26-22-7-4-3-6-21(22)24(29)25-10-5-11-27-12-14-30-15-13-27/h3-4,6-9,16H,5,10-15,17H2,1-2H3,(H,25,29)(H,26,28). The lowest BCUT2D eigenvalue weighted by molar-refractivity contribution is -0.115. The fourth-order valence-electron chi connectivity index (χ4n) is 3.51. The van der Waals surface area contributed by atoms with Crippen molar-refractivity contribution in [3.63, 3.8) is 0 Å². The third-order valence-electron chi connectivity index (χ3n) is 5.42. The highest BCUT2D eigenvalue weighted by Crippen LogP contribution is 2.16. The summed E-state index contributed by atoms with van der Waals surface area (Å²) >= 11 is 0. The molecule has 1 heterocycles. The van der Waals surface area contributed by atoms with Crippen LogP contribution in [0.25, 0.3) is 0 Å².